The van der Waals surface area contributed by atoms with E-state index in [1.165, 1.54) is 4.57 Å². The summed E-state index contributed by atoms with van der Waals surface area (Å²) in [6.45, 7) is 4.08. The molecule has 0 spiro atoms. The Kier molecular flexibility index (Phi) is 5.90. The largest absolute Gasteiger partial charge is 0.420 e. The van der Waals surface area contributed by atoms with Crippen LogP contribution in [0.25, 0.3) is 11.1 Å². The van der Waals surface area contributed by atoms with Crippen LogP contribution in [0.2, 0.25) is 0 Å². The first-order chi connectivity index (χ1) is 16.1. The fraction of sp³-hybridized carbons (Fsp3) is 0.400. The van der Waals surface area contributed by atoms with E-state index in [2.05, 4.69) is 17.0 Å². The SMILES string of the molecule is O=C(Cn1c(=O)oc2ccc(C(=O)N3CCCCC3)cc21)N1CCN(c2ccccc2)CC1. The zero-order valence-electron chi connectivity index (χ0n) is 18.6. The number of piperazine rings is 1. The van der Waals surface area contributed by atoms with Crippen LogP contribution in [-0.2, 0) is 11.3 Å². The van der Waals surface area contributed by atoms with Crippen LogP contribution in [0, 0.1) is 0 Å². The Balaban J connectivity index is 1.30. The molecule has 8 nitrogen and oxygen atoms in total. The van der Waals surface area contributed by atoms with Crippen LogP contribution in [0.4, 0.5) is 5.69 Å². The molecule has 2 aromatic carbocycles. The van der Waals surface area contributed by atoms with Gasteiger partial charge in [-0.3, -0.25) is 14.2 Å². The minimum atomic E-state index is -0.580. The van der Waals surface area contributed by atoms with E-state index in [0.29, 0.717) is 29.8 Å². The quantitative estimate of drug-likeness (QED) is 0.613. The Bertz CT molecular complexity index is 1200. The van der Waals surface area contributed by atoms with E-state index in [1.54, 1.807) is 23.1 Å². The van der Waals surface area contributed by atoms with Crippen LogP contribution < -0.4 is 10.7 Å². The Labute approximate surface area is 192 Å². The molecule has 8 heteroatoms. The van der Waals surface area contributed by atoms with E-state index in [-0.39, 0.29) is 18.4 Å². The van der Waals surface area contributed by atoms with Crippen molar-refractivity contribution in [3.05, 3.63) is 64.6 Å². The van der Waals surface area contributed by atoms with Gasteiger partial charge in [0.1, 0.15) is 6.54 Å². The van der Waals surface area contributed by atoms with Gasteiger partial charge in [0.2, 0.25) is 5.91 Å². The Morgan fingerprint density at radius 2 is 1.55 bits per heavy atom. The van der Waals surface area contributed by atoms with Crippen LogP contribution in [0.1, 0.15) is 29.6 Å². The number of nitrogens with zero attached hydrogens (tertiary/aromatic N) is 4. The standard InChI is InChI=1S/C25H28N4O4/c30-23(27-15-13-26(14-16-27)20-7-3-1-4-8-20)18-29-21-17-19(9-10-22(21)33-25(29)32)24(31)28-11-5-2-6-12-28/h1,3-4,7-10,17H,2,5-6,11-16,18H2. The molecule has 3 heterocycles. The third-order valence-electron chi connectivity index (χ3n) is 6.60. The molecule has 0 unspecified atom stereocenters. The van der Waals surface area contributed by atoms with Crippen molar-refractivity contribution in [1.82, 2.24) is 14.4 Å². The molecule has 2 aliphatic heterocycles. The molecule has 2 amide bonds. The van der Waals surface area contributed by atoms with E-state index in [0.717, 1.165) is 51.1 Å². The topological polar surface area (TPSA) is 79.0 Å². The first-order valence-corrected chi connectivity index (χ1v) is 11.6. The Morgan fingerprint density at radius 3 is 2.27 bits per heavy atom. The highest BCUT2D eigenvalue weighted by atomic mass is 16.4. The molecule has 3 aromatic rings. The molecule has 0 radical (unpaired) electrons. The summed E-state index contributed by atoms with van der Waals surface area (Å²) < 4.78 is 6.69. The summed E-state index contributed by atoms with van der Waals surface area (Å²) >= 11 is 0. The predicted molar refractivity (Wildman–Crippen MR) is 125 cm³/mol. The van der Waals surface area contributed by atoms with Crippen molar-refractivity contribution in [2.45, 2.75) is 25.8 Å². The number of fused-ring (bicyclic) bond motifs is 1. The number of rotatable bonds is 4. The molecule has 0 atom stereocenters. The molecule has 5 rings (SSSR count). The van der Waals surface area contributed by atoms with E-state index in [1.807, 2.05) is 23.1 Å². The number of piperidine rings is 1. The van der Waals surface area contributed by atoms with Crippen molar-refractivity contribution in [2.24, 2.45) is 0 Å². The first-order valence-electron chi connectivity index (χ1n) is 11.6. The number of para-hydroxylation sites is 1. The van der Waals surface area contributed by atoms with Gasteiger partial charge in [-0.1, -0.05) is 18.2 Å². The lowest BCUT2D eigenvalue weighted by Gasteiger charge is -2.36. The highest BCUT2D eigenvalue weighted by Crippen LogP contribution is 2.20. The summed E-state index contributed by atoms with van der Waals surface area (Å²) in [7, 11) is 0. The van der Waals surface area contributed by atoms with Crippen molar-refractivity contribution in [1.29, 1.82) is 0 Å². The number of carbonyl (C=O) groups excluding carboxylic acids is 2. The maximum absolute atomic E-state index is 13.0. The number of hydrogen-bond donors (Lipinski definition) is 0. The highest BCUT2D eigenvalue weighted by molar-refractivity contribution is 5.97. The van der Waals surface area contributed by atoms with Gasteiger partial charge < -0.3 is 19.1 Å². The third-order valence-corrected chi connectivity index (χ3v) is 6.60. The average Bonchev–Trinajstić information content (AvgIpc) is 3.18. The summed E-state index contributed by atoms with van der Waals surface area (Å²) in [4.78, 5) is 44.3. The minimum Gasteiger partial charge on any atom is -0.408 e. The number of likely N-dealkylation sites (tertiary alicyclic amines) is 1. The van der Waals surface area contributed by atoms with Crippen LogP contribution in [0.5, 0.6) is 0 Å². The normalized spacial score (nSPS) is 16.9. The minimum absolute atomic E-state index is 0.0415. The van der Waals surface area contributed by atoms with Crippen molar-refractivity contribution < 1.29 is 14.0 Å². The fourth-order valence-corrected chi connectivity index (χ4v) is 4.71. The van der Waals surface area contributed by atoms with Crippen LogP contribution in [-0.4, -0.2) is 65.4 Å². The van der Waals surface area contributed by atoms with Gasteiger partial charge in [0.15, 0.2) is 5.58 Å². The molecule has 0 saturated carbocycles. The molecule has 33 heavy (non-hydrogen) atoms. The monoisotopic (exact) mass is 448 g/mol. The van der Waals surface area contributed by atoms with Gasteiger partial charge in [0, 0.05) is 50.5 Å². The first kappa shape index (κ1) is 21.3. The van der Waals surface area contributed by atoms with E-state index in [9.17, 15) is 14.4 Å². The van der Waals surface area contributed by atoms with Crippen molar-refractivity contribution in [3.63, 3.8) is 0 Å². The summed E-state index contributed by atoms with van der Waals surface area (Å²) in [5.74, 6) is -0.746. The lowest BCUT2D eigenvalue weighted by molar-refractivity contribution is -0.132. The van der Waals surface area contributed by atoms with Gasteiger partial charge in [-0.2, -0.15) is 0 Å². The molecule has 2 saturated heterocycles. The lowest BCUT2D eigenvalue weighted by atomic mass is 10.1. The number of amides is 2. The number of oxazole rings is 1. The zero-order valence-corrected chi connectivity index (χ0v) is 18.6. The number of carbonyl (C=O) groups is 2. The molecular formula is C25H28N4O4. The number of anilines is 1. The molecule has 0 bridgehead atoms. The van der Waals surface area contributed by atoms with Crippen molar-refractivity contribution in [3.8, 4) is 0 Å². The number of hydrogen-bond acceptors (Lipinski definition) is 5. The smallest absolute Gasteiger partial charge is 0.408 e. The summed E-state index contributed by atoms with van der Waals surface area (Å²) in [6, 6.07) is 15.2. The number of benzene rings is 2. The molecule has 0 aliphatic carbocycles. The Morgan fingerprint density at radius 1 is 0.818 bits per heavy atom. The number of aromatic nitrogens is 1. The van der Waals surface area contributed by atoms with Crippen LogP contribution in [0.15, 0.2) is 57.7 Å². The average molecular weight is 449 g/mol. The van der Waals surface area contributed by atoms with Gasteiger partial charge in [0.25, 0.3) is 5.91 Å². The predicted octanol–water partition coefficient (Wildman–Crippen LogP) is 2.57. The van der Waals surface area contributed by atoms with E-state index >= 15 is 0 Å². The molecule has 2 fully saturated rings. The van der Waals surface area contributed by atoms with Gasteiger partial charge in [-0.25, -0.2) is 4.79 Å². The van der Waals surface area contributed by atoms with Gasteiger partial charge in [-0.15, -0.1) is 0 Å². The molecular weight excluding hydrogens is 420 g/mol. The molecule has 0 N–H and O–H groups in total. The summed E-state index contributed by atoms with van der Waals surface area (Å²) in [5, 5.41) is 0. The summed E-state index contributed by atoms with van der Waals surface area (Å²) in [5.41, 5.74) is 2.53. The van der Waals surface area contributed by atoms with Crippen LogP contribution in [0.3, 0.4) is 0 Å². The zero-order chi connectivity index (χ0) is 22.8. The molecule has 2 aliphatic rings. The maximum Gasteiger partial charge on any atom is 0.420 e. The molecule has 172 valence electrons. The summed E-state index contributed by atoms with van der Waals surface area (Å²) in [6.07, 6.45) is 3.17. The fourth-order valence-electron chi connectivity index (χ4n) is 4.71. The second-order valence-corrected chi connectivity index (χ2v) is 8.69. The van der Waals surface area contributed by atoms with Crippen LogP contribution >= 0.6 is 0 Å². The third kappa shape index (κ3) is 4.37. The Hall–Kier alpha value is -3.55. The van der Waals surface area contributed by atoms with E-state index in [4.69, 9.17) is 4.42 Å². The van der Waals surface area contributed by atoms with Gasteiger partial charge >= 0.3 is 5.76 Å². The second kappa shape index (κ2) is 9.13. The molecule has 1 aromatic heterocycles. The van der Waals surface area contributed by atoms with Crippen molar-refractivity contribution >= 4 is 28.6 Å². The van der Waals surface area contributed by atoms with E-state index < -0.39 is 5.76 Å². The maximum atomic E-state index is 13.0. The van der Waals surface area contributed by atoms with Crippen molar-refractivity contribution in [2.75, 3.05) is 44.2 Å². The van der Waals surface area contributed by atoms with Gasteiger partial charge in [-0.05, 0) is 49.6 Å². The van der Waals surface area contributed by atoms with Gasteiger partial charge in [0.05, 0.1) is 5.52 Å². The lowest BCUT2D eigenvalue weighted by Crippen LogP contribution is -2.50. The highest BCUT2D eigenvalue weighted by Gasteiger charge is 2.24. The second-order valence-electron chi connectivity index (χ2n) is 8.69.